The third-order valence-electron chi connectivity index (χ3n) is 5.59. The van der Waals surface area contributed by atoms with Gasteiger partial charge in [0.05, 0.1) is 29.3 Å². The molecule has 2 bridgehead atoms. The van der Waals surface area contributed by atoms with Crippen LogP contribution in [0.4, 0.5) is 22.0 Å². The third-order valence-corrected chi connectivity index (χ3v) is 5.59. The Morgan fingerprint density at radius 2 is 2.10 bits per heavy atom. The van der Waals surface area contributed by atoms with Gasteiger partial charge in [-0.2, -0.15) is 0 Å². The third kappa shape index (κ3) is 3.08. The molecule has 0 spiro atoms. The maximum absolute atomic E-state index is 13.2. The maximum atomic E-state index is 13.2. The minimum absolute atomic E-state index is 0.110. The molecule has 1 atom stereocenters. The molecule has 7 nitrogen and oxygen atoms in total. The van der Waals surface area contributed by atoms with Gasteiger partial charge in [-0.15, -0.1) is 0 Å². The Morgan fingerprint density at radius 3 is 2.86 bits per heavy atom. The molecule has 1 N–H and O–H groups in total. The molecule has 3 aromatic heterocycles. The summed E-state index contributed by atoms with van der Waals surface area (Å²) in [4.78, 5) is 30.8. The molecule has 1 saturated heterocycles. The molecule has 29 heavy (non-hydrogen) atoms. The van der Waals surface area contributed by atoms with Gasteiger partial charge in [-0.3, -0.25) is 14.9 Å². The van der Waals surface area contributed by atoms with Crippen molar-refractivity contribution in [3.8, 4) is 11.3 Å². The van der Waals surface area contributed by atoms with Crippen LogP contribution < -0.4 is 15.1 Å². The molecule has 0 radical (unpaired) electrons. The number of nitrogens with one attached hydrogen (secondary N) is 1. The van der Waals surface area contributed by atoms with E-state index in [2.05, 4.69) is 33.2 Å². The molecule has 5 heterocycles. The Labute approximate surface area is 169 Å². The minimum atomic E-state index is -0.171. The van der Waals surface area contributed by atoms with E-state index < -0.39 is 0 Å². The number of rotatable bonds is 2. The summed E-state index contributed by atoms with van der Waals surface area (Å²) in [5, 5.41) is 2.97. The molecular formula is C22H22N6O. The van der Waals surface area contributed by atoms with Gasteiger partial charge in [0.25, 0.3) is 0 Å². The molecular weight excluding hydrogens is 364 g/mol. The van der Waals surface area contributed by atoms with Crippen LogP contribution in [0.25, 0.3) is 11.3 Å². The molecule has 0 aromatic carbocycles. The summed E-state index contributed by atoms with van der Waals surface area (Å²) >= 11 is 0. The predicted molar refractivity (Wildman–Crippen MR) is 113 cm³/mol. The van der Waals surface area contributed by atoms with Crippen molar-refractivity contribution >= 4 is 23.2 Å². The Kier molecular flexibility index (Phi) is 4.16. The van der Waals surface area contributed by atoms with Crippen molar-refractivity contribution in [2.24, 2.45) is 0 Å². The number of amides is 2. The number of aryl methyl sites for hydroxylation is 2. The van der Waals surface area contributed by atoms with E-state index >= 15 is 0 Å². The first-order chi connectivity index (χ1) is 14.1. The average Bonchev–Trinajstić information content (AvgIpc) is 3.14. The van der Waals surface area contributed by atoms with Gasteiger partial charge in [0.15, 0.2) is 5.82 Å². The smallest absolute Gasteiger partial charge is 0.327 e. The van der Waals surface area contributed by atoms with E-state index in [4.69, 9.17) is 4.98 Å². The van der Waals surface area contributed by atoms with Crippen LogP contribution in [-0.2, 0) is 0 Å². The van der Waals surface area contributed by atoms with E-state index in [0.29, 0.717) is 11.5 Å². The lowest BCUT2D eigenvalue weighted by molar-refractivity contribution is 0.255. The highest BCUT2D eigenvalue weighted by atomic mass is 16.2. The highest BCUT2D eigenvalue weighted by molar-refractivity contribution is 6.04. The molecule has 2 amide bonds. The zero-order valence-corrected chi connectivity index (χ0v) is 16.5. The Balaban J connectivity index is 1.57. The van der Waals surface area contributed by atoms with Crippen LogP contribution >= 0.6 is 0 Å². The molecule has 5 rings (SSSR count). The number of hydrogen-bond donors (Lipinski definition) is 1. The van der Waals surface area contributed by atoms with E-state index in [1.807, 2.05) is 36.2 Å². The van der Waals surface area contributed by atoms with Crippen LogP contribution in [-0.4, -0.2) is 40.1 Å². The fourth-order valence-electron chi connectivity index (χ4n) is 4.13. The number of urea groups is 1. The fourth-order valence-corrected chi connectivity index (χ4v) is 4.13. The zero-order valence-electron chi connectivity index (χ0n) is 16.5. The van der Waals surface area contributed by atoms with Crippen LogP contribution in [0.15, 0.2) is 48.9 Å². The molecule has 2 aliphatic heterocycles. The summed E-state index contributed by atoms with van der Waals surface area (Å²) in [5.41, 5.74) is 5.55. The number of nitrogens with zero attached hydrogens (tertiary/aromatic N) is 5. The minimum Gasteiger partial charge on any atom is -0.366 e. The highest BCUT2D eigenvalue weighted by Gasteiger charge is 2.40. The largest absolute Gasteiger partial charge is 0.366 e. The van der Waals surface area contributed by atoms with Crippen molar-refractivity contribution in [3.05, 3.63) is 60.2 Å². The molecule has 1 fully saturated rings. The fraction of sp³-hybridized carbons (Fsp3) is 0.273. The van der Waals surface area contributed by atoms with Gasteiger partial charge in [-0.25, -0.2) is 9.78 Å². The van der Waals surface area contributed by atoms with Gasteiger partial charge < -0.3 is 10.2 Å². The van der Waals surface area contributed by atoms with Gasteiger partial charge in [0.1, 0.15) is 0 Å². The Bertz CT molecular complexity index is 1070. The zero-order chi connectivity index (χ0) is 20.0. The topological polar surface area (TPSA) is 74.2 Å². The van der Waals surface area contributed by atoms with E-state index in [-0.39, 0.29) is 12.1 Å². The van der Waals surface area contributed by atoms with E-state index in [1.54, 1.807) is 18.5 Å². The molecule has 0 saturated carbocycles. The number of pyridine rings is 3. The molecule has 3 aromatic rings. The quantitative estimate of drug-likeness (QED) is 0.725. The summed E-state index contributed by atoms with van der Waals surface area (Å²) in [5.74, 6) is 0.710. The van der Waals surface area contributed by atoms with Crippen LogP contribution in [0.2, 0.25) is 0 Å². The second-order valence-electron chi connectivity index (χ2n) is 7.62. The number of carbonyl (C=O) groups excluding carboxylic acids is 1. The second kappa shape index (κ2) is 6.84. The van der Waals surface area contributed by atoms with E-state index in [9.17, 15) is 4.79 Å². The van der Waals surface area contributed by atoms with Crippen molar-refractivity contribution in [1.29, 1.82) is 0 Å². The van der Waals surface area contributed by atoms with Crippen molar-refractivity contribution in [1.82, 2.24) is 15.0 Å². The molecule has 2 aliphatic rings. The van der Waals surface area contributed by atoms with Crippen molar-refractivity contribution in [3.63, 3.8) is 0 Å². The molecule has 146 valence electrons. The molecule has 7 heteroatoms. The summed E-state index contributed by atoms with van der Waals surface area (Å²) in [6.07, 6.45) is 6.11. The lowest BCUT2D eigenvalue weighted by Gasteiger charge is -2.36. The first-order valence-electron chi connectivity index (χ1n) is 9.80. The lowest BCUT2D eigenvalue weighted by atomic mass is 10.1. The van der Waals surface area contributed by atoms with Crippen LogP contribution in [0.3, 0.4) is 0 Å². The summed E-state index contributed by atoms with van der Waals surface area (Å²) in [7, 11) is 0. The Morgan fingerprint density at radius 1 is 1.21 bits per heavy atom. The first-order valence-corrected chi connectivity index (χ1v) is 9.80. The van der Waals surface area contributed by atoms with Gasteiger partial charge in [0, 0.05) is 36.7 Å². The summed E-state index contributed by atoms with van der Waals surface area (Å²) in [6.45, 7) is 5.79. The van der Waals surface area contributed by atoms with Gasteiger partial charge in [0.2, 0.25) is 0 Å². The standard InChI is InChI=1S/C22H22N6O/c1-14-10-19-21(26-20(14)16-6-5-15(2)24-11-16)28(18-7-9-27(19)13-18)22(29)25-17-4-3-8-23-12-17/h3-6,8,10-12,18H,7,9,13H2,1-2H3,(H,25,29)/t18-/m0/s1. The van der Waals surface area contributed by atoms with Crippen LogP contribution in [0.5, 0.6) is 0 Å². The highest BCUT2D eigenvalue weighted by Crippen LogP contribution is 2.41. The summed E-state index contributed by atoms with van der Waals surface area (Å²) in [6, 6.07) is 9.74. The number of anilines is 3. The van der Waals surface area contributed by atoms with Crippen LogP contribution in [0, 0.1) is 13.8 Å². The summed E-state index contributed by atoms with van der Waals surface area (Å²) < 4.78 is 0. The first kappa shape index (κ1) is 17.6. The second-order valence-corrected chi connectivity index (χ2v) is 7.62. The van der Waals surface area contributed by atoms with Gasteiger partial charge >= 0.3 is 6.03 Å². The molecule has 0 unspecified atom stereocenters. The maximum Gasteiger partial charge on any atom is 0.327 e. The van der Waals surface area contributed by atoms with E-state index in [0.717, 1.165) is 47.7 Å². The van der Waals surface area contributed by atoms with Crippen molar-refractivity contribution in [2.45, 2.75) is 26.3 Å². The normalized spacial score (nSPS) is 17.2. The number of fused-ring (bicyclic) bond motifs is 4. The van der Waals surface area contributed by atoms with Gasteiger partial charge in [-0.1, -0.05) is 0 Å². The predicted octanol–water partition coefficient (Wildman–Crippen LogP) is 3.79. The number of aromatic nitrogens is 3. The number of hydrogen-bond acceptors (Lipinski definition) is 5. The van der Waals surface area contributed by atoms with Crippen LogP contribution in [0.1, 0.15) is 17.7 Å². The average molecular weight is 386 g/mol. The van der Waals surface area contributed by atoms with Crippen molar-refractivity contribution in [2.75, 3.05) is 28.2 Å². The SMILES string of the molecule is Cc1ccc(-c2nc3c(cc2C)N2CC[C@@H](C2)N3C(=O)Nc2cccnc2)cn1. The lowest BCUT2D eigenvalue weighted by Crippen LogP contribution is -2.48. The Hall–Kier alpha value is -3.48. The monoisotopic (exact) mass is 386 g/mol. The molecule has 0 aliphatic carbocycles. The van der Waals surface area contributed by atoms with Gasteiger partial charge in [-0.05, 0) is 56.2 Å². The number of carbonyl (C=O) groups is 1. The van der Waals surface area contributed by atoms with E-state index in [1.165, 1.54) is 0 Å². The van der Waals surface area contributed by atoms with Crippen molar-refractivity contribution < 1.29 is 4.79 Å².